The number of aryl methyl sites for hydroxylation is 1. The van der Waals surface area contributed by atoms with Gasteiger partial charge in [0.2, 0.25) is 6.79 Å². The summed E-state index contributed by atoms with van der Waals surface area (Å²) in [7, 11) is 0. The van der Waals surface area contributed by atoms with Crippen molar-refractivity contribution in [3.63, 3.8) is 0 Å². The van der Waals surface area contributed by atoms with Crippen LogP contribution in [0.3, 0.4) is 0 Å². The maximum absolute atomic E-state index is 12.7. The molecule has 0 aliphatic heterocycles. The first-order valence-electron chi connectivity index (χ1n) is 16.8. The van der Waals surface area contributed by atoms with E-state index in [9.17, 15) is 9.59 Å². The molecule has 1 amide bonds. The molecule has 230 valence electrons. The van der Waals surface area contributed by atoms with Gasteiger partial charge in [0.25, 0.3) is 0 Å². The van der Waals surface area contributed by atoms with Crippen LogP contribution in [-0.4, -0.2) is 30.3 Å². The molecule has 5 heteroatoms. The number of hydrogen-bond acceptors (Lipinski definition) is 4. The van der Waals surface area contributed by atoms with Gasteiger partial charge >= 0.3 is 12.1 Å². The maximum atomic E-state index is 12.7. The summed E-state index contributed by atoms with van der Waals surface area (Å²) in [5.41, 5.74) is 2.35. The van der Waals surface area contributed by atoms with Crippen LogP contribution in [0.1, 0.15) is 159 Å². The molecule has 0 saturated carbocycles. The zero-order valence-corrected chi connectivity index (χ0v) is 26.0. The second-order valence-corrected chi connectivity index (χ2v) is 11.7. The Balaban J connectivity index is 1.38. The summed E-state index contributed by atoms with van der Waals surface area (Å²) in [6.07, 6.45) is 32.2. The van der Waals surface area contributed by atoms with Crippen LogP contribution in [0.15, 0.2) is 24.3 Å². The number of fused-ring (bicyclic) bond motifs is 1. The lowest BCUT2D eigenvalue weighted by Gasteiger charge is -2.27. The van der Waals surface area contributed by atoms with Gasteiger partial charge in [-0.1, -0.05) is 153 Å². The van der Waals surface area contributed by atoms with Crippen molar-refractivity contribution in [2.75, 3.05) is 13.3 Å². The van der Waals surface area contributed by atoms with Crippen molar-refractivity contribution >= 4 is 12.1 Å². The number of nitrogens with zero attached hydrogens (tertiary/aromatic N) is 1. The first-order valence-corrected chi connectivity index (χ1v) is 16.8. The van der Waals surface area contributed by atoms with Gasteiger partial charge < -0.3 is 9.47 Å². The zero-order valence-electron chi connectivity index (χ0n) is 26.0. The molecule has 1 aliphatic carbocycles. The van der Waals surface area contributed by atoms with Gasteiger partial charge in [0.1, 0.15) is 0 Å². The molecule has 0 bridgehead atoms. The number of hydrogen-bond donors (Lipinski definition) is 0. The minimum atomic E-state index is -0.541. The third-order valence-electron chi connectivity index (χ3n) is 8.36. The van der Waals surface area contributed by atoms with Crippen molar-refractivity contribution in [1.82, 2.24) is 4.90 Å². The van der Waals surface area contributed by atoms with Gasteiger partial charge in [0, 0.05) is 6.42 Å². The van der Waals surface area contributed by atoms with Crippen molar-refractivity contribution < 1.29 is 19.1 Å². The smallest absolute Gasteiger partial charge is 0.413 e. The van der Waals surface area contributed by atoms with E-state index in [2.05, 4.69) is 18.9 Å². The summed E-state index contributed by atoms with van der Waals surface area (Å²) in [5, 5.41) is 0. The van der Waals surface area contributed by atoms with Crippen LogP contribution in [0.4, 0.5) is 4.79 Å². The molecular weight excluding hydrogens is 510 g/mol. The number of esters is 1. The number of rotatable bonds is 24. The lowest BCUT2D eigenvalue weighted by atomic mass is 10.0. The topological polar surface area (TPSA) is 55.8 Å². The van der Waals surface area contributed by atoms with Crippen LogP contribution >= 0.6 is 0 Å². The van der Waals surface area contributed by atoms with E-state index >= 15 is 0 Å². The molecule has 2 rings (SSSR count). The van der Waals surface area contributed by atoms with E-state index in [1.54, 1.807) is 4.90 Å². The van der Waals surface area contributed by atoms with Gasteiger partial charge in [-0.2, -0.15) is 0 Å². The van der Waals surface area contributed by atoms with Gasteiger partial charge in [-0.15, -0.1) is 6.42 Å². The molecule has 0 radical (unpaired) electrons. The molecule has 1 aromatic rings. The Labute approximate surface area is 251 Å². The number of unbranched alkanes of at least 4 members (excludes halogenated alkanes) is 18. The predicted octanol–water partition coefficient (Wildman–Crippen LogP) is 10.1. The van der Waals surface area contributed by atoms with Gasteiger partial charge in [0.15, 0.2) is 0 Å². The summed E-state index contributed by atoms with van der Waals surface area (Å²) in [5.74, 6) is 2.23. The summed E-state index contributed by atoms with van der Waals surface area (Å²) in [6.45, 7) is 2.07. The number of amides is 1. The summed E-state index contributed by atoms with van der Waals surface area (Å²) >= 11 is 0. The van der Waals surface area contributed by atoms with E-state index in [1.807, 2.05) is 18.2 Å². The second-order valence-electron chi connectivity index (χ2n) is 11.7. The third-order valence-corrected chi connectivity index (χ3v) is 8.36. The van der Waals surface area contributed by atoms with Crippen LogP contribution in [0.25, 0.3) is 0 Å². The molecule has 0 aromatic heterocycles. The third kappa shape index (κ3) is 15.4. The number of benzene rings is 1. The van der Waals surface area contributed by atoms with E-state index in [4.69, 9.17) is 15.9 Å². The first-order chi connectivity index (χ1) is 20.2. The molecular formula is C36H57NO4. The molecule has 0 spiro atoms. The molecule has 5 nitrogen and oxygen atoms in total. The highest BCUT2D eigenvalue weighted by atomic mass is 16.7. The SMILES string of the molecule is C#CCN(C(=O)OCOC(=O)CCCCCCCCCCCCCCCCCCCCC)C1CCc2ccccc21. The fraction of sp³-hybridized carbons (Fsp3) is 0.722. The van der Waals surface area contributed by atoms with Crippen LogP contribution in [0.5, 0.6) is 0 Å². The van der Waals surface area contributed by atoms with E-state index in [1.165, 1.54) is 108 Å². The number of ether oxygens (including phenoxy) is 2. The Bertz CT molecular complexity index is 877. The molecule has 1 unspecified atom stereocenters. The Morgan fingerprint density at radius 3 is 1.83 bits per heavy atom. The van der Waals surface area contributed by atoms with Gasteiger partial charge in [-0.3, -0.25) is 9.69 Å². The van der Waals surface area contributed by atoms with Crippen LogP contribution in [0.2, 0.25) is 0 Å². The quantitative estimate of drug-likeness (QED) is 0.0540. The van der Waals surface area contributed by atoms with E-state index in [0.717, 1.165) is 37.7 Å². The number of terminal acetylenes is 1. The highest BCUT2D eigenvalue weighted by molar-refractivity contribution is 5.71. The van der Waals surface area contributed by atoms with Crippen LogP contribution in [-0.2, 0) is 20.7 Å². The minimum absolute atomic E-state index is 0.102. The van der Waals surface area contributed by atoms with E-state index < -0.39 is 6.09 Å². The van der Waals surface area contributed by atoms with Crippen molar-refractivity contribution in [3.05, 3.63) is 35.4 Å². The second kappa shape index (κ2) is 23.1. The summed E-state index contributed by atoms with van der Waals surface area (Å²) in [6, 6.07) is 7.99. The highest BCUT2D eigenvalue weighted by Crippen LogP contribution is 2.35. The molecule has 41 heavy (non-hydrogen) atoms. The zero-order chi connectivity index (χ0) is 29.4. The molecule has 0 N–H and O–H groups in total. The molecule has 0 saturated heterocycles. The van der Waals surface area contributed by atoms with Crippen molar-refractivity contribution in [2.24, 2.45) is 0 Å². The maximum Gasteiger partial charge on any atom is 0.413 e. The summed E-state index contributed by atoms with van der Waals surface area (Å²) in [4.78, 5) is 26.3. The van der Waals surface area contributed by atoms with Gasteiger partial charge in [-0.05, 0) is 30.4 Å². The average molecular weight is 568 g/mol. The number of carbonyl (C=O) groups is 2. The van der Waals surface area contributed by atoms with Crippen molar-refractivity contribution in [1.29, 1.82) is 0 Å². The molecule has 1 aliphatic rings. The Morgan fingerprint density at radius 1 is 0.780 bits per heavy atom. The highest BCUT2D eigenvalue weighted by Gasteiger charge is 2.31. The van der Waals surface area contributed by atoms with Crippen molar-refractivity contribution in [3.8, 4) is 12.3 Å². The standard InChI is InChI=1S/C36H57NO4/c1-3-5-6-7-8-9-10-11-12-13-14-15-16-17-18-19-20-21-22-27-35(38)40-31-41-36(39)37(30-4-2)34-29-28-32-25-23-24-26-33(32)34/h2,23-26,34H,3,5-22,27-31H2,1H3. The Morgan fingerprint density at radius 2 is 1.29 bits per heavy atom. The van der Waals surface area contributed by atoms with Crippen LogP contribution in [0, 0.1) is 12.3 Å². The normalized spacial score (nSPS) is 13.9. The van der Waals surface area contributed by atoms with Gasteiger partial charge in [-0.25, -0.2) is 4.79 Å². The van der Waals surface area contributed by atoms with Crippen molar-refractivity contribution in [2.45, 2.75) is 154 Å². The molecule has 0 fully saturated rings. The fourth-order valence-corrected chi connectivity index (χ4v) is 5.91. The monoisotopic (exact) mass is 567 g/mol. The minimum Gasteiger partial charge on any atom is -0.428 e. The number of carbonyl (C=O) groups excluding carboxylic acids is 2. The predicted molar refractivity (Wildman–Crippen MR) is 168 cm³/mol. The lowest BCUT2D eigenvalue weighted by molar-refractivity contribution is -0.152. The fourth-order valence-electron chi connectivity index (χ4n) is 5.91. The average Bonchev–Trinajstić information content (AvgIpc) is 3.41. The molecule has 1 aromatic carbocycles. The molecule has 0 heterocycles. The summed E-state index contributed by atoms with van der Waals surface area (Å²) < 4.78 is 10.4. The van der Waals surface area contributed by atoms with E-state index in [-0.39, 0.29) is 25.3 Å². The first kappa shape index (κ1) is 34.7. The van der Waals surface area contributed by atoms with E-state index in [0.29, 0.717) is 6.42 Å². The largest absolute Gasteiger partial charge is 0.428 e. The Kier molecular flexibility index (Phi) is 19.6. The Hall–Kier alpha value is -2.48. The molecule has 1 atom stereocenters. The lowest BCUT2D eigenvalue weighted by Crippen LogP contribution is -2.35. The van der Waals surface area contributed by atoms with Crippen LogP contribution < -0.4 is 0 Å². The van der Waals surface area contributed by atoms with Gasteiger partial charge in [0.05, 0.1) is 12.6 Å².